The Morgan fingerprint density at radius 2 is 1.90 bits per heavy atom. The maximum Gasteiger partial charge on any atom is 0.254 e. The normalized spacial score (nSPS) is 26.4. The van der Waals surface area contributed by atoms with Gasteiger partial charge in [-0.3, -0.25) is 14.6 Å². The van der Waals surface area contributed by atoms with Crippen molar-refractivity contribution < 1.29 is 14.3 Å². The largest absolute Gasteiger partial charge is 0.379 e. The third kappa shape index (κ3) is 3.73. The van der Waals surface area contributed by atoms with E-state index >= 15 is 0 Å². The Labute approximate surface area is 171 Å². The van der Waals surface area contributed by atoms with Crippen LogP contribution in [0.1, 0.15) is 41.4 Å². The van der Waals surface area contributed by atoms with Crippen LogP contribution in [0.5, 0.6) is 0 Å². The highest BCUT2D eigenvalue weighted by molar-refractivity contribution is 6.06. The Morgan fingerprint density at radius 1 is 1.17 bits per heavy atom. The molecule has 29 heavy (non-hydrogen) atoms. The van der Waals surface area contributed by atoms with Crippen molar-refractivity contribution in [1.82, 2.24) is 15.2 Å². The maximum atomic E-state index is 13.5. The van der Waals surface area contributed by atoms with Gasteiger partial charge in [0.1, 0.15) is 0 Å². The molecule has 1 aliphatic carbocycles. The second-order valence-corrected chi connectivity index (χ2v) is 8.57. The van der Waals surface area contributed by atoms with Crippen molar-refractivity contribution in [2.45, 2.75) is 45.8 Å². The molecule has 2 aliphatic rings. The molecule has 4 atom stereocenters. The number of aryl methyl sites for hydroxylation is 2. The number of aromatic nitrogens is 1. The number of fused-ring (bicyclic) bond motifs is 2. The lowest BCUT2D eigenvalue weighted by atomic mass is 9.77. The quantitative estimate of drug-likeness (QED) is 0.868. The van der Waals surface area contributed by atoms with Gasteiger partial charge >= 0.3 is 0 Å². The van der Waals surface area contributed by atoms with E-state index in [0.29, 0.717) is 11.8 Å². The van der Waals surface area contributed by atoms with Crippen LogP contribution < -0.4 is 5.32 Å². The molecule has 2 amide bonds. The second-order valence-electron chi connectivity index (χ2n) is 8.57. The van der Waals surface area contributed by atoms with Gasteiger partial charge in [0.05, 0.1) is 23.2 Å². The molecular formula is C23H29N3O3. The number of benzene rings is 1. The van der Waals surface area contributed by atoms with Crippen molar-refractivity contribution in [2.75, 3.05) is 20.2 Å². The van der Waals surface area contributed by atoms with E-state index in [-0.39, 0.29) is 24.0 Å². The number of likely N-dealkylation sites (tertiary alicyclic amines) is 1. The summed E-state index contributed by atoms with van der Waals surface area (Å²) in [7, 11) is 1.70. The zero-order valence-electron chi connectivity index (χ0n) is 17.6. The van der Waals surface area contributed by atoms with Crippen molar-refractivity contribution in [2.24, 2.45) is 11.8 Å². The van der Waals surface area contributed by atoms with Crippen LogP contribution in [-0.2, 0) is 9.53 Å². The standard InChI is InChI=1S/C23H29N3O3/c1-13-6-5-7-18-19(8-14(2)24-22(13)18)23(28)26-11-16-9-20(25-15(3)27)21(29-4)10-17(16)12-26/h5-8,16-17,20-21H,9-12H2,1-4H3,(H,25,27)/t16-,17+,20-,21-/m1/s1. The van der Waals surface area contributed by atoms with Crippen molar-refractivity contribution in [1.29, 1.82) is 0 Å². The van der Waals surface area contributed by atoms with E-state index in [4.69, 9.17) is 4.74 Å². The lowest BCUT2D eigenvalue weighted by Crippen LogP contribution is -2.49. The second kappa shape index (κ2) is 7.75. The topological polar surface area (TPSA) is 71.5 Å². The van der Waals surface area contributed by atoms with E-state index in [0.717, 1.165) is 53.7 Å². The van der Waals surface area contributed by atoms with Gasteiger partial charge in [0.15, 0.2) is 0 Å². The molecule has 1 saturated carbocycles. The summed E-state index contributed by atoms with van der Waals surface area (Å²) in [5.41, 5.74) is 3.57. The van der Waals surface area contributed by atoms with E-state index in [1.165, 1.54) is 0 Å². The Morgan fingerprint density at radius 3 is 2.59 bits per heavy atom. The summed E-state index contributed by atoms with van der Waals surface area (Å²) in [4.78, 5) is 31.7. The van der Waals surface area contributed by atoms with Gasteiger partial charge in [-0.05, 0) is 50.2 Å². The number of carbonyl (C=O) groups excluding carboxylic acids is 2. The SMILES string of the molecule is CO[C@@H]1C[C@H]2CN(C(=O)c3cc(C)nc4c(C)cccc34)C[C@H]2C[C@H]1NC(C)=O. The highest BCUT2D eigenvalue weighted by Gasteiger charge is 2.44. The number of rotatable bonds is 3. The maximum absolute atomic E-state index is 13.5. The van der Waals surface area contributed by atoms with Gasteiger partial charge in [-0.2, -0.15) is 0 Å². The molecule has 0 radical (unpaired) electrons. The molecule has 2 aromatic rings. The van der Waals surface area contributed by atoms with Crippen LogP contribution in [0.15, 0.2) is 24.3 Å². The summed E-state index contributed by atoms with van der Waals surface area (Å²) >= 11 is 0. The van der Waals surface area contributed by atoms with Crippen LogP contribution in [0.25, 0.3) is 10.9 Å². The van der Waals surface area contributed by atoms with Gasteiger partial charge in [0.2, 0.25) is 5.91 Å². The predicted molar refractivity (Wildman–Crippen MR) is 112 cm³/mol. The molecule has 0 unspecified atom stereocenters. The number of carbonyl (C=O) groups is 2. The Kier molecular flexibility index (Phi) is 5.30. The van der Waals surface area contributed by atoms with Gasteiger partial charge in [-0.25, -0.2) is 0 Å². The molecule has 4 rings (SSSR count). The molecule has 2 heterocycles. The van der Waals surface area contributed by atoms with Crippen molar-refractivity contribution >= 4 is 22.7 Å². The van der Waals surface area contributed by atoms with E-state index in [2.05, 4.69) is 10.3 Å². The lowest BCUT2D eigenvalue weighted by molar-refractivity contribution is -0.121. The van der Waals surface area contributed by atoms with Gasteiger partial charge in [0, 0.05) is 38.2 Å². The first-order valence-corrected chi connectivity index (χ1v) is 10.3. The molecule has 6 heteroatoms. The fourth-order valence-corrected chi connectivity index (χ4v) is 5.12. The number of nitrogens with one attached hydrogen (secondary N) is 1. The number of nitrogens with zero attached hydrogens (tertiary/aromatic N) is 2. The molecular weight excluding hydrogens is 366 g/mol. The summed E-state index contributed by atoms with van der Waals surface area (Å²) in [5, 5.41) is 3.95. The number of amides is 2. The molecule has 1 aromatic carbocycles. The lowest BCUT2D eigenvalue weighted by Gasteiger charge is -2.37. The third-order valence-corrected chi connectivity index (χ3v) is 6.50. The van der Waals surface area contributed by atoms with Gasteiger partial charge < -0.3 is 15.0 Å². The molecule has 0 bridgehead atoms. The Bertz CT molecular complexity index is 958. The molecule has 6 nitrogen and oxygen atoms in total. The van der Waals surface area contributed by atoms with Crippen LogP contribution in [0.3, 0.4) is 0 Å². The zero-order valence-corrected chi connectivity index (χ0v) is 17.6. The Balaban J connectivity index is 1.59. The molecule has 154 valence electrons. The van der Waals surface area contributed by atoms with Crippen LogP contribution in [0, 0.1) is 25.7 Å². The monoisotopic (exact) mass is 395 g/mol. The number of pyridine rings is 1. The van der Waals surface area contributed by atoms with Crippen LogP contribution >= 0.6 is 0 Å². The predicted octanol–water partition coefficient (Wildman–Crippen LogP) is 2.85. The highest BCUT2D eigenvalue weighted by atomic mass is 16.5. The summed E-state index contributed by atoms with van der Waals surface area (Å²) < 4.78 is 5.65. The smallest absolute Gasteiger partial charge is 0.254 e. The summed E-state index contributed by atoms with van der Waals surface area (Å²) in [6.45, 7) is 6.98. The fraction of sp³-hybridized carbons (Fsp3) is 0.522. The highest BCUT2D eigenvalue weighted by Crippen LogP contribution is 2.38. The molecule has 2 fully saturated rings. The number of hydrogen-bond donors (Lipinski definition) is 1. The first-order chi connectivity index (χ1) is 13.9. The minimum Gasteiger partial charge on any atom is -0.379 e. The summed E-state index contributed by atoms with van der Waals surface area (Å²) in [6, 6.07) is 7.92. The molecule has 1 saturated heterocycles. The number of para-hydroxylation sites is 1. The first kappa shape index (κ1) is 19.8. The molecule has 0 spiro atoms. The average Bonchev–Trinajstić information content (AvgIpc) is 3.09. The van der Waals surface area contributed by atoms with E-state index in [1.807, 2.05) is 43.0 Å². The van der Waals surface area contributed by atoms with E-state index < -0.39 is 0 Å². The van der Waals surface area contributed by atoms with E-state index in [9.17, 15) is 9.59 Å². The van der Waals surface area contributed by atoms with E-state index in [1.54, 1.807) is 14.0 Å². The van der Waals surface area contributed by atoms with Crippen LogP contribution in [0.2, 0.25) is 0 Å². The number of ether oxygens (including phenoxy) is 1. The number of hydrogen-bond acceptors (Lipinski definition) is 4. The third-order valence-electron chi connectivity index (χ3n) is 6.50. The van der Waals surface area contributed by atoms with Gasteiger partial charge in [0.25, 0.3) is 5.91 Å². The van der Waals surface area contributed by atoms with Gasteiger partial charge in [-0.15, -0.1) is 0 Å². The molecule has 1 aromatic heterocycles. The first-order valence-electron chi connectivity index (χ1n) is 10.3. The molecule has 1 N–H and O–H groups in total. The fourth-order valence-electron chi connectivity index (χ4n) is 5.12. The molecule has 1 aliphatic heterocycles. The minimum atomic E-state index is -0.0319. The summed E-state index contributed by atoms with van der Waals surface area (Å²) in [6.07, 6.45) is 1.72. The van der Waals surface area contributed by atoms with Crippen LogP contribution in [-0.4, -0.2) is 54.0 Å². The van der Waals surface area contributed by atoms with Crippen molar-refractivity contribution in [3.63, 3.8) is 0 Å². The average molecular weight is 396 g/mol. The number of methoxy groups -OCH3 is 1. The Hall–Kier alpha value is -2.47. The zero-order chi connectivity index (χ0) is 20.7. The minimum absolute atomic E-state index is 0.00171. The summed E-state index contributed by atoms with van der Waals surface area (Å²) in [5.74, 6) is 0.837. The van der Waals surface area contributed by atoms with Crippen molar-refractivity contribution in [3.8, 4) is 0 Å². The van der Waals surface area contributed by atoms with Gasteiger partial charge in [-0.1, -0.05) is 18.2 Å². The van der Waals surface area contributed by atoms with Crippen molar-refractivity contribution in [3.05, 3.63) is 41.1 Å². The van der Waals surface area contributed by atoms with Crippen LogP contribution in [0.4, 0.5) is 0 Å².